The summed E-state index contributed by atoms with van der Waals surface area (Å²) in [7, 11) is 1.23. The molecule has 0 saturated carbocycles. The van der Waals surface area contributed by atoms with Crippen molar-refractivity contribution in [3.63, 3.8) is 0 Å². The molecule has 0 N–H and O–H groups in total. The maximum Gasteiger partial charge on any atom is 0.398 e. The van der Waals surface area contributed by atoms with Crippen LogP contribution in [-0.4, -0.2) is 49.7 Å². The summed E-state index contributed by atoms with van der Waals surface area (Å²) in [6, 6.07) is 0. The number of rotatable bonds is 4. The fraction of sp³-hybridized carbons (Fsp3) is 0.900. The molecule has 0 radical (unpaired) electrons. The van der Waals surface area contributed by atoms with Crippen LogP contribution in [-0.2, 0) is 9.53 Å². The van der Waals surface area contributed by atoms with Crippen molar-refractivity contribution >= 4 is 17.5 Å². The van der Waals surface area contributed by atoms with Crippen molar-refractivity contribution in [3.05, 3.63) is 0 Å². The van der Waals surface area contributed by atoms with Crippen LogP contribution in [0, 0.1) is 5.41 Å². The smallest absolute Gasteiger partial charge is 0.384 e. The molecule has 1 fully saturated rings. The first-order valence-corrected chi connectivity index (χ1v) is 5.79. The van der Waals surface area contributed by atoms with Crippen molar-refractivity contribution in [1.82, 2.24) is 4.90 Å². The van der Waals surface area contributed by atoms with E-state index in [2.05, 4.69) is 4.74 Å². The van der Waals surface area contributed by atoms with E-state index in [0.717, 1.165) is 0 Å². The first-order valence-electron chi connectivity index (χ1n) is 5.26. The van der Waals surface area contributed by atoms with Crippen LogP contribution in [0.3, 0.4) is 0 Å². The van der Waals surface area contributed by atoms with Gasteiger partial charge in [-0.2, -0.15) is 13.2 Å². The highest BCUT2D eigenvalue weighted by Gasteiger charge is 2.58. The lowest BCUT2D eigenvalue weighted by Gasteiger charge is -2.30. The molecule has 1 amide bonds. The molecule has 1 unspecified atom stereocenters. The van der Waals surface area contributed by atoms with E-state index < -0.39 is 18.2 Å². The Kier molecular flexibility index (Phi) is 4.66. The van der Waals surface area contributed by atoms with Crippen LogP contribution in [0.4, 0.5) is 13.2 Å². The zero-order valence-electron chi connectivity index (χ0n) is 9.52. The first-order chi connectivity index (χ1) is 7.86. The van der Waals surface area contributed by atoms with Crippen molar-refractivity contribution in [1.29, 1.82) is 0 Å². The SMILES string of the molecule is COCC1(C(F)(F)F)CCN(C(=O)CCCl)C1. The zero-order chi connectivity index (χ0) is 13.1. The van der Waals surface area contributed by atoms with E-state index >= 15 is 0 Å². The molecule has 0 aliphatic carbocycles. The van der Waals surface area contributed by atoms with E-state index in [1.165, 1.54) is 12.0 Å². The van der Waals surface area contributed by atoms with E-state index in [1.807, 2.05) is 0 Å². The van der Waals surface area contributed by atoms with Gasteiger partial charge in [-0.1, -0.05) is 0 Å². The summed E-state index contributed by atoms with van der Waals surface area (Å²) in [6.45, 7) is -0.639. The van der Waals surface area contributed by atoms with Crippen molar-refractivity contribution in [2.24, 2.45) is 5.41 Å². The molecule has 7 heteroatoms. The van der Waals surface area contributed by atoms with Gasteiger partial charge in [0.25, 0.3) is 0 Å². The minimum atomic E-state index is -4.36. The number of alkyl halides is 4. The van der Waals surface area contributed by atoms with Crippen LogP contribution in [0.5, 0.6) is 0 Å². The first kappa shape index (κ1) is 14.6. The number of carbonyl (C=O) groups is 1. The Labute approximate surface area is 103 Å². The Balaban J connectivity index is 2.75. The van der Waals surface area contributed by atoms with E-state index in [1.54, 1.807) is 0 Å². The van der Waals surface area contributed by atoms with Crippen LogP contribution in [0.1, 0.15) is 12.8 Å². The molecule has 1 heterocycles. The summed E-state index contributed by atoms with van der Waals surface area (Å²) in [4.78, 5) is 12.7. The Morgan fingerprint density at radius 1 is 1.53 bits per heavy atom. The number of ether oxygens (including phenoxy) is 1. The maximum atomic E-state index is 13.0. The largest absolute Gasteiger partial charge is 0.398 e. The third kappa shape index (κ3) is 3.04. The molecule has 1 aliphatic heterocycles. The third-order valence-electron chi connectivity index (χ3n) is 3.04. The quantitative estimate of drug-likeness (QED) is 0.734. The Morgan fingerprint density at radius 3 is 2.65 bits per heavy atom. The fourth-order valence-corrected chi connectivity index (χ4v) is 2.19. The number of amides is 1. The van der Waals surface area contributed by atoms with Crippen LogP contribution < -0.4 is 0 Å². The van der Waals surface area contributed by atoms with Gasteiger partial charge >= 0.3 is 6.18 Å². The molecule has 1 saturated heterocycles. The lowest BCUT2D eigenvalue weighted by molar-refractivity contribution is -0.232. The average molecular weight is 274 g/mol. The van der Waals surface area contributed by atoms with Crippen LogP contribution >= 0.6 is 11.6 Å². The molecule has 1 rings (SSSR count). The highest BCUT2D eigenvalue weighted by atomic mass is 35.5. The van der Waals surface area contributed by atoms with E-state index in [4.69, 9.17) is 11.6 Å². The summed E-state index contributed by atoms with van der Waals surface area (Å²) in [5, 5.41) is 0. The highest BCUT2D eigenvalue weighted by Crippen LogP contribution is 2.45. The van der Waals surface area contributed by atoms with E-state index in [0.29, 0.717) is 0 Å². The zero-order valence-corrected chi connectivity index (χ0v) is 10.3. The van der Waals surface area contributed by atoms with Crippen LogP contribution in [0.2, 0.25) is 0 Å². The Morgan fingerprint density at radius 2 is 2.18 bits per heavy atom. The molecule has 0 bridgehead atoms. The minimum absolute atomic E-state index is 0.0719. The predicted molar refractivity (Wildman–Crippen MR) is 56.9 cm³/mol. The van der Waals surface area contributed by atoms with Gasteiger partial charge in [0.1, 0.15) is 5.41 Å². The third-order valence-corrected chi connectivity index (χ3v) is 3.23. The molecule has 0 aromatic carbocycles. The monoisotopic (exact) mass is 273 g/mol. The van der Waals surface area contributed by atoms with Crippen LogP contribution in [0.15, 0.2) is 0 Å². The second kappa shape index (κ2) is 5.44. The van der Waals surface area contributed by atoms with Crippen molar-refractivity contribution in [2.45, 2.75) is 19.0 Å². The second-order valence-electron chi connectivity index (χ2n) is 4.22. The summed E-state index contributed by atoms with van der Waals surface area (Å²) >= 11 is 5.40. The molecule has 1 atom stereocenters. The fourth-order valence-electron chi connectivity index (χ4n) is 2.03. The Bertz CT molecular complexity index is 285. The van der Waals surface area contributed by atoms with Gasteiger partial charge in [-0.3, -0.25) is 4.79 Å². The van der Waals surface area contributed by atoms with Gasteiger partial charge in [0.05, 0.1) is 6.61 Å². The normalized spacial score (nSPS) is 25.4. The molecule has 0 spiro atoms. The number of methoxy groups -OCH3 is 1. The number of hydrogen-bond acceptors (Lipinski definition) is 2. The number of likely N-dealkylation sites (tertiary alicyclic amines) is 1. The van der Waals surface area contributed by atoms with Gasteiger partial charge in [0.15, 0.2) is 0 Å². The minimum Gasteiger partial charge on any atom is -0.384 e. The standard InChI is InChI=1S/C10H15ClF3NO2/c1-17-7-9(10(12,13)14)3-5-15(6-9)8(16)2-4-11/h2-7H2,1H3. The number of carbonyl (C=O) groups excluding carboxylic acids is 1. The summed E-state index contributed by atoms with van der Waals surface area (Å²) in [6.07, 6.45) is -4.40. The summed E-state index contributed by atoms with van der Waals surface area (Å²) < 4.78 is 43.6. The highest BCUT2D eigenvalue weighted by molar-refractivity contribution is 6.18. The lowest BCUT2D eigenvalue weighted by Crippen LogP contribution is -2.45. The predicted octanol–water partition coefficient (Wildman–Crippen LogP) is 2.04. The van der Waals surface area contributed by atoms with Gasteiger partial charge in [0.2, 0.25) is 5.91 Å². The molecular formula is C10H15ClF3NO2. The lowest BCUT2D eigenvalue weighted by atomic mass is 9.87. The van der Waals surface area contributed by atoms with Gasteiger partial charge in [-0.05, 0) is 6.42 Å². The van der Waals surface area contributed by atoms with Crippen molar-refractivity contribution < 1.29 is 22.7 Å². The van der Waals surface area contributed by atoms with Crippen molar-refractivity contribution in [2.75, 3.05) is 32.7 Å². The van der Waals surface area contributed by atoms with Gasteiger partial charge in [-0.15, -0.1) is 11.6 Å². The van der Waals surface area contributed by atoms with Gasteiger partial charge in [0, 0.05) is 32.5 Å². The molecule has 100 valence electrons. The average Bonchev–Trinajstić information content (AvgIpc) is 2.63. The second-order valence-corrected chi connectivity index (χ2v) is 4.59. The molecule has 1 aliphatic rings. The topological polar surface area (TPSA) is 29.5 Å². The summed E-state index contributed by atoms with van der Waals surface area (Å²) in [5.41, 5.74) is -1.93. The van der Waals surface area contributed by atoms with Crippen molar-refractivity contribution in [3.8, 4) is 0 Å². The number of hydrogen-bond donors (Lipinski definition) is 0. The van der Waals surface area contributed by atoms with E-state index in [9.17, 15) is 18.0 Å². The molecule has 17 heavy (non-hydrogen) atoms. The Hall–Kier alpha value is -0.490. The van der Waals surface area contributed by atoms with Gasteiger partial charge < -0.3 is 9.64 Å². The van der Waals surface area contributed by atoms with E-state index in [-0.39, 0.29) is 37.7 Å². The molecular weight excluding hydrogens is 259 g/mol. The molecule has 3 nitrogen and oxygen atoms in total. The number of halogens is 4. The molecule has 0 aromatic heterocycles. The van der Waals surface area contributed by atoms with Gasteiger partial charge in [-0.25, -0.2) is 0 Å². The molecule has 0 aromatic rings. The number of nitrogens with zero attached hydrogens (tertiary/aromatic N) is 1. The van der Waals surface area contributed by atoms with Crippen LogP contribution in [0.25, 0.3) is 0 Å². The summed E-state index contributed by atoms with van der Waals surface area (Å²) in [5.74, 6) is -0.208. The maximum absolute atomic E-state index is 13.0.